The molecule has 0 saturated carbocycles. The number of rotatable bonds is 3. The minimum atomic E-state index is -0.0538. The summed E-state index contributed by atoms with van der Waals surface area (Å²) in [6.07, 6.45) is 0.995. The van der Waals surface area contributed by atoms with Crippen molar-refractivity contribution in [3.63, 3.8) is 0 Å². The molecule has 0 spiro atoms. The lowest BCUT2D eigenvalue weighted by molar-refractivity contribution is 0.138. The summed E-state index contributed by atoms with van der Waals surface area (Å²) in [5.74, 6) is 1.04. The second-order valence-corrected chi connectivity index (χ2v) is 6.13. The topological polar surface area (TPSA) is 21.3 Å². The number of hydrogen-bond donors (Lipinski definition) is 1. The molecular weight excluding hydrogens is 242 g/mol. The molecule has 2 heterocycles. The van der Waals surface area contributed by atoms with Gasteiger partial charge in [0.15, 0.2) is 0 Å². The first-order valence-electron chi connectivity index (χ1n) is 6.19. The fourth-order valence-electron chi connectivity index (χ4n) is 2.34. The zero-order chi connectivity index (χ0) is 12.6. The van der Waals surface area contributed by atoms with E-state index in [9.17, 15) is 0 Å². The lowest BCUT2D eigenvalue weighted by Crippen LogP contribution is -2.24. The third kappa shape index (κ3) is 2.36. The van der Waals surface area contributed by atoms with E-state index in [1.807, 2.05) is 0 Å². The predicted molar refractivity (Wildman–Crippen MR) is 76.5 cm³/mol. The van der Waals surface area contributed by atoms with Crippen molar-refractivity contribution in [1.29, 1.82) is 0 Å². The molecule has 1 aromatic carbocycles. The average molecular weight is 259 g/mol. The van der Waals surface area contributed by atoms with Crippen molar-refractivity contribution in [2.45, 2.75) is 32.4 Å². The summed E-state index contributed by atoms with van der Waals surface area (Å²) >= 11 is 1.71. The molecule has 1 aliphatic rings. The van der Waals surface area contributed by atoms with Gasteiger partial charge in [-0.15, -0.1) is 0 Å². The summed E-state index contributed by atoms with van der Waals surface area (Å²) in [5.41, 5.74) is 3.77. The molecule has 0 atom stereocenters. The Morgan fingerprint density at radius 2 is 2.22 bits per heavy atom. The standard InChI is InChI=1S/C15H17NOS/c1-15(2)8-12-7-11(3-4-14(12)17-15)9-16-13-5-6-18-10-13/h3-7,10,16H,8-9H2,1-2H3. The maximum Gasteiger partial charge on any atom is 0.123 e. The summed E-state index contributed by atoms with van der Waals surface area (Å²) in [6, 6.07) is 8.59. The van der Waals surface area contributed by atoms with Crippen LogP contribution in [0.3, 0.4) is 0 Å². The monoisotopic (exact) mass is 259 g/mol. The van der Waals surface area contributed by atoms with Crippen LogP contribution in [0.15, 0.2) is 35.0 Å². The van der Waals surface area contributed by atoms with Crippen LogP contribution in [-0.4, -0.2) is 5.60 Å². The highest BCUT2D eigenvalue weighted by molar-refractivity contribution is 7.08. The van der Waals surface area contributed by atoms with Gasteiger partial charge >= 0.3 is 0 Å². The van der Waals surface area contributed by atoms with Gasteiger partial charge in [-0.3, -0.25) is 0 Å². The van der Waals surface area contributed by atoms with Crippen LogP contribution >= 0.6 is 11.3 Å². The van der Waals surface area contributed by atoms with Gasteiger partial charge in [-0.1, -0.05) is 12.1 Å². The van der Waals surface area contributed by atoms with Crippen LogP contribution in [0.2, 0.25) is 0 Å². The minimum absolute atomic E-state index is 0.0538. The minimum Gasteiger partial charge on any atom is -0.487 e. The van der Waals surface area contributed by atoms with Gasteiger partial charge in [0, 0.05) is 24.0 Å². The molecular formula is C15H17NOS. The first kappa shape index (κ1) is 11.6. The highest BCUT2D eigenvalue weighted by atomic mass is 32.1. The normalized spacial score (nSPS) is 16.1. The molecule has 1 N–H and O–H groups in total. The van der Waals surface area contributed by atoms with E-state index in [-0.39, 0.29) is 5.60 Å². The van der Waals surface area contributed by atoms with Crippen LogP contribution in [0, 0.1) is 0 Å². The molecule has 0 radical (unpaired) electrons. The molecule has 3 rings (SSSR count). The average Bonchev–Trinajstić information content (AvgIpc) is 2.90. The number of thiophene rings is 1. The van der Waals surface area contributed by atoms with Gasteiger partial charge in [0.2, 0.25) is 0 Å². The Bertz CT molecular complexity index is 546. The Morgan fingerprint density at radius 1 is 1.33 bits per heavy atom. The second-order valence-electron chi connectivity index (χ2n) is 5.35. The zero-order valence-electron chi connectivity index (χ0n) is 10.7. The fraction of sp³-hybridized carbons (Fsp3) is 0.333. The molecule has 18 heavy (non-hydrogen) atoms. The van der Waals surface area contributed by atoms with Gasteiger partial charge in [0.1, 0.15) is 11.4 Å². The molecule has 3 heteroatoms. The molecule has 1 aliphatic heterocycles. The summed E-state index contributed by atoms with van der Waals surface area (Å²) in [5, 5.41) is 7.63. The number of ether oxygens (including phenoxy) is 1. The molecule has 0 unspecified atom stereocenters. The number of hydrogen-bond acceptors (Lipinski definition) is 3. The van der Waals surface area contributed by atoms with E-state index in [2.05, 4.69) is 54.2 Å². The second kappa shape index (κ2) is 4.32. The SMILES string of the molecule is CC1(C)Cc2cc(CNc3ccsc3)ccc2O1. The largest absolute Gasteiger partial charge is 0.487 e. The van der Waals surface area contributed by atoms with Crippen LogP contribution in [0.25, 0.3) is 0 Å². The van der Waals surface area contributed by atoms with Gasteiger partial charge < -0.3 is 10.1 Å². The van der Waals surface area contributed by atoms with Crippen molar-refractivity contribution < 1.29 is 4.74 Å². The summed E-state index contributed by atoms with van der Waals surface area (Å²) in [7, 11) is 0. The lowest BCUT2D eigenvalue weighted by Gasteiger charge is -2.16. The lowest BCUT2D eigenvalue weighted by atomic mass is 10.0. The van der Waals surface area contributed by atoms with Crippen molar-refractivity contribution in [3.8, 4) is 5.75 Å². The Hall–Kier alpha value is -1.48. The van der Waals surface area contributed by atoms with Gasteiger partial charge in [-0.2, -0.15) is 11.3 Å². The van der Waals surface area contributed by atoms with E-state index in [4.69, 9.17) is 4.74 Å². The number of nitrogens with one attached hydrogen (secondary N) is 1. The van der Waals surface area contributed by atoms with E-state index in [0.29, 0.717) is 0 Å². The highest BCUT2D eigenvalue weighted by Crippen LogP contribution is 2.35. The van der Waals surface area contributed by atoms with E-state index in [0.717, 1.165) is 18.7 Å². The highest BCUT2D eigenvalue weighted by Gasteiger charge is 2.29. The first-order chi connectivity index (χ1) is 8.62. The van der Waals surface area contributed by atoms with Crippen molar-refractivity contribution >= 4 is 17.0 Å². The number of anilines is 1. The molecule has 0 amide bonds. The fourth-order valence-corrected chi connectivity index (χ4v) is 2.95. The van der Waals surface area contributed by atoms with E-state index >= 15 is 0 Å². The van der Waals surface area contributed by atoms with Crippen LogP contribution < -0.4 is 10.1 Å². The molecule has 0 saturated heterocycles. The maximum absolute atomic E-state index is 5.88. The van der Waals surface area contributed by atoms with Gasteiger partial charge in [-0.25, -0.2) is 0 Å². The summed E-state index contributed by atoms with van der Waals surface area (Å²) in [4.78, 5) is 0. The predicted octanol–water partition coefficient (Wildman–Crippen LogP) is 4.07. The first-order valence-corrected chi connectivity index (χ1v) is 7.14. The van der Waals surface area contributed by atoms with Crippen molar-refractivity contribution in [2.75, 3.05) is 5.32 Å². The molecule has 0 aliphatic carbocycles. The van der Waals surface area contributed by atoms with Crippen LogP contribution in [0.4, 0.5) is 5.69 Å². The molecule has 2 nitrogen and oxygen atoms in total. The summed E-state index contributed by atoms with van der Waals surface area (Å²) in [6.45, 7) is 5.14. The van der Waals surface area contributed by atoms with Crippen molar-refractivity contribution in [1.82, 2.24) is 0 Å². The Morgan fingerprint density at radius 3 is 3.00 bits per heavy atom. The van der Waals surface area contributed by atoms with Gasteiger partial charge in [0.05, 0.1) is 0 Å². The van der Waals surface area contributed by atoms with Crippen LogP contribution in [-0.2, 0) is 13.0 Å². The zero-order valence-corrected chi connectivity index (χ0v) is 11.5. The van der Waals surface area contributed by atoms with Crippen LogP contribution in [0.5, 0.6) is 5.75 Å². The molecule has 1 aromatic heterocycles. The van der Waals surface area contributed by atoms with E-state index in [1.165, 1.54) is 16.8 Å². The Labute approximate surface area is 112 Å². The van der Waals surface area contributed by atoms with Gasteiger partial charge in [-0.05, 0) is 42.5 Å². The molecule has 0 bridgehead atoms. The van der Waals surface area contributed by atoms with Crippen molar-refractivity contribution in [2.24, 2.45) is 0 Å². The third-order valence-electron chi connectivity index (χ3n) is 3.15. The quantitative estimate of drug-likeness (QED) is 0.897. The Balaban J connectivity index is 1.72. The molecule has 94 valence electrons. The summed E-state index contributed by atoms with van der Waals surface area (Å²) < 4.78 is 5.88. The third-order valence-corrected chi connectivity index (χ3v) is 3.83. The van der Waals surface area contributed by atoms with Crippen molar-refractivity contribution in [3.05, 3.63) is 46.2 Å². The Kier molecular flexibility index (Phi) is 2.78. The van der Waals surface area contributed by atoms with E-state index < -0.39 is 0 Å². The van der Waals surface area contributed by atoms with Gasteiger partial charge in [0.25, 0.3) is 0 Å². The smallest absolute Gasteiger partial charge is 0.123 e. The number of benzene rings is 1. The van der Waals surface area contributed by atoms with E-state index in [1.54, 1.807) is 11.3 Å². The van der Waals surface area contributed by atoms with Crippen LogP contribution in [0.1, 0.15) is 25.0 Å². The molecule has 2 aromatic rings. The maximum atomic E-state index is 5.88. The number of fused-ring (bicyclic) bond motifs is 1. The molecule has 0 fully saturated rings.